The fourth-order valence-corrected chi connectivity index (χ4v) is 4.47. The molecular weight excluding hydrogens is 408 g/mol. The Kier molecular flexibility index (Phi) is 6.44. The van der Waals surface area contributed by atoms with Crippen LogP contribution in [-0.4, -0.2) is 42.3 Å². The van der Waals surface area contributed by atoms with E-state index in [0.29, 0.717) is 19.4 Å². The maximum Gasteiger partial charge on any atom is 0.407 e. The molecule has 32 heavy (non-hydrogen) atoms. The lowest BCUT2D eigenvalue weighted by Crippen LogP contribution is -2.38. The minimum Gasteiger partial charge on any atom is -0.481 e. The average Bonchev–Trinajstić information content (AvgIpc) is 3.51. The maximum atomic E-state index is 12.3. The molecule has 4 rings (SSSR count). The first-order valence-electron chi connectivity index (χ1n) is 11.1. The number of amides is 2. The molecule has 168 valence electrons. The van der Waals surface area contributed by atoms with Crippen LogP contribution < -0.4 is 10.6 Å². The number of carbonyl (C=O) groups excluding carboxylic acids is 2. The molecular formula is C25H28N2O5. The largest absolute Gasteiger partial charge is 0.481 e. The molecule has 2 aromatic rings. The van der Waals surface area contributed by atoms with Gasteiger partial charge >= 0.3 is 12.1 Å². The highest BCUT2D eigenvalue weighted by Crippen LogP contribution is 2.44. The van der Waals surface area contributed by atoms with Crippen molar-refractivity contribution in [1.82, 2.24) is 10.6 Å². The van der Waals surface area contributed by atoms with Crippen molar-refractivity contribution in [3.05, 3.63) is 59.7 Å². The first-order chi connectivity index (χ1) is 15.5. The number of hydrogen-bond acceptors (Lipinski definition) is 4. The second-order valence-electron chi connectivity index (χ2n) is 8.52. The van der Waals surface area contributed by atoms with E-state index in [9.17, 15) is 14.4 Å². The first kappa shape index (κ1) is 21.9. The molecule has 0 aliphatic heterocycles. The van der Waals surface area contributed by atoms with Crippen LogP contribution in [-0.2, 0) is 14.3 Å². The van der Waals surface area contributed by atoms with Gasteiger partial charge in [-0.1, -0.05) is 55.5 Å². The third kappa shape index (κ3) is 4.77. The average molecular weight is 437 g/mol. The number of carbonyl (C=O) groups is 3. The summed E-state index contributed by atoms with van der Waals surface area (Å²) in [4.78, 5) is 35.4. The van der Waals surface area contributed by atoms with Crippen molar-refractivity contribution in [2.75, 3.05) is 13.2 Å². The monoisotopic (exact) mass is 436 g/mol. The Morgan fingerprint density at radius 1 is 1.06 bits per heavy atom. The Bertz CT molecular complexity index is 975. The number of rotatable bonds is 9. The second-order valence-corrected chi connectivity index (χ2v) is 8.52. The van der Waals surface area contributed by atoms with Crippen LogP contribution in [0.4, 0.5) is 4.79 Å². The van der Waals surface area contributed by atoms with E-state index in [1.807, 2.05) is 31.2 Å². The van der Waals surface area contributed by atoms with E-state index in [2.05, 4.69) is 34.9 Å². The van der Waals surface area contributed by atoms with Gasteiger partial charge in [-0.15, -0.1) is 0 Å². The van der Waals surface area contributed by atoms with E-state index in [1.54, 1.807) is 0 Å². The molecule has 2 aliphatic rings. The summed E-state index contributed by atoms with van der Waals surface area (Å²) in [7, 11) is 0. The maximum absolute atomic E-state index is 12.3. The molecule has 3 atom stereocenters. The van der Waals surface area contributed by atoms with Gasteiger partial charge in [0.2, 0.25) is 5.91 Å². The highest BCUT2D eigenvalue weighted by atomic mass is 16.5. The molecule has 2 aromatic carbocycles. The van der Waals surface area contributed by atoms with Gasteiger partial charge in [0, 0.05) is 24.4 Å². The molecule has 0 bridgehead atoms. The molecule has 7 nitrogen and oxygen atoms in total. The fourth-order valence-electron chi connectivity index (χ4n) is 4.47. The first-order valence-corrected chi connectivity index (χ1v) is 11.1. The van der Waals surface area contributed by atoms with E-state index in [-0.39, 0.29) is 42.7 Å². The molecule has 0 saturated heterocycles. The Hall–Kier alpha value is -3.35. The number of alkyl carbamates (subject to hydrolysis) is 1. The number of carboxylic acids is 1. The number of hydrogen-bond donors (Lipinski definition) is 3. The zero-order valence-electron chi connectivity index (χ0n) is 18.0. The Balaban J connectivity index is 1.24. The molecule has 0 aromatic heterocycles. The van der Waals surface area contributed by atoms with Crippen LogP contribution >= 0.6 is 0 Å². The summed E-state index contributed by atoms with van der Waals surface area (Å²) < 4.78 is 5.52. The van der Waals surface area contributed by atoms with E-state index in [4.69, 9.17) is 9.84 Å². The molecule has 7 heteroatoms. The fraction of sp³-hybridized carbons (Fsp3) is 0.400. The molecule has 0 heterocycles. The summed E-state index contributed by atoms with van der Waals surface area (Å²) in [6.07, 6.45) is 0.666. The zero-order chi connectivity index (χ0) is 22.7. The Morgan fingerprint density at radius 2 is 1.69 bits per heavy atom. The quantitative estimate of drug-likeness (QED) is 0.558. The molecule has 3 N–H and O–H groups in total. The highest BCUT2D eigenvalue weighted by Gasteiger charge is 2.43. The minimum absolute atomic E-state index is 0.00723. The lowest BCUT2D eigenvalue weighted by molar-refractivity contribution is -0.137. The Morgan fingerprint density at radius 3 is 2.28 bits per heavy atom. The molecule has 2 aliphatic carbocycles. The van der Waals surface area contributed by atoms with Gasteiger partial charge in [-0.3, -0.25) is 9.59 Å². The predicted octanol–water partition coefficient (Wildman–Crippen LogP) is 3.53. The lowest BCUT2D eigenvalue weighted by atomic mass is 9.98. The summed E-state index contributed by atoms with van der Waals surface area (Å²) in [5.41, 5.74) is 4.67. The van der Waals surface area contributed by atoms with Crippen molar-refractivity contribution in [3.63, 3.8) is 0 Å². The van der Waals surface area contributed by atoms with Crippen LogP contribution in [0.1, 0.15) is 43.2 Å². The van der Waals surface area contributed by atoms with Gasteiger partial charge < -0.3 is 20.5 Å². The SMILES string of the molecule is CCC(CC(=O)O)NC(=O)[C@@H]1C[C@@H]1CNC(=O)OCC1c2ccccc2-c2ccccc21. The molecule has 1 saturated carbocycles. The number of ether oxygens (including phenoxy) is 1. The van der Waals surface area contributed by atoms with E-state index in [0.717, 1.165) is 11.1 Å². The van der Waals surface area contributed by atoms with Crippen molar-refractivity contribution in [1.29, 1.82) is 0 Å². The number of benzene rings is 2. The van der Waals surface area contributed by atoms with E-state index < -0.39 is 12.1 Å². The summed E-state index contributed by atoms with van der Waals surface area (Å²) in [5.74, 6) is -1.20. The summed E-state index contributed by atoms with van der Waals surface area (Å²) in [6.45, 7) is 2.46. The Labute approximate surface area is 187 Å². The van der Waals surface area contributed by atoms with Crippen molar-refractivity contribution in [3.8, 4) is 11.1 Å². The molecule has 1 fully saturated rings. The van der Waals surface area contributed by atoms with Crippen molar-refractivity contribution < 1.29 is 24.2 Å². The highest BCUT2D eigenvalue weighted by molar-refractivity contribution is 5.82. The standard InChI is InChI=1S/C25H28N2O5/c1-2-16(12-23(28)29)27-24(30)21-11-15(21)13-26-25(31)32-14-22-19-9-5-3-7-17(19)18-8-4-6-10-20(18)22/h3-10,15-16,21-22H,2,11-14H2,1H3,(H,26,31)(H,27,30)(H,28,29)/t15-,16?,21-/m1/s1. The predicted molar refractivity (Wildman–Crippen MR) is 119 cm³/mol. The van der Waals surface area contributed by atoms with Crippen molar-refractivity contribution >= 4 is 18.0 Å². The molecule has 1 unspecified atom stereocenters. The van der Waals surface area contributed by atoms with Crippen LogP contribution in [0.5, 0.6) is 0 Å². The van der Waals surface area contributed by atoms with Crippen LogP contribution in [0.3, 0.4) is 0 Å². The number of fused-ring (bicyclic) bond motifs is 3. The smallest absolute Gasteiger partial charge is 0.407 e. The second kappa shape index (κ2) is 9.42. The minimum atomic E-state index is -0.929. The van der Waals surface area contributed by atoms with Gasteiger partial charge in [0.15, 0.2) is 0 Å². The van der Waals surface area contributed by atoms with Gasteiger partial charge in [-0.2, -0.15) is 0 Å². The van der Waals surface area contributed by atoms with Crippen LogP contribution in [0, 0.1) is 11.8 Å². The summed E-state index contributed by atoms with van der Waals surface area (Å²) >= 11 is 0. The summed E-state index contributed by atoms with van der Waals surface area (Å²) in [6, 6.07) is 16.0. The third-order valence-electron chi connectivity index (χ3n) is 6.37. The lowest BCUT2D eigenvalue weighted by Gasteiger charge is -2.15. The van der Waals surface area contributed by atoms with Crippen molar-refractivity contribution in [2.45, 2.75) is 38.1 Å². The molecule has 0 spiro atoms. The van der Waals surface area contributed by atoms with Crippen molar-refractivity contribution in [2.24, 2.45) is 11.8 Å². The van der Waals surface area contributed by atoms with Crippen LogP contribution in [0.2, 0.25) is 0 Å². The number of carboxylic acid groups (broad SMARTS) is 1. The van der Waals surface area contributed by atoms with Gasteiger partial charge in [0.1, 0.15) is 6.61 Å². The van der Waals surface area contributed by atoms with Crippen LogP contribution in [0.25, 0.3) is 11.1 Å². The van der Waals surface area contributed by atoms with E-state index >= 15 is 0 Å². The van der Waals surface area contributed by atoms with Crippen LogP contribution in [0.15, 0.2) is 48.5 Å². The topological polar surface area (TPSA) is 105 Å². The van der Waals surface area contributed by atoms with Gasteiger partial charge in [-0.25, -0.2) is 4.79 Å². The zero-order valence-corrected chi connectivity index (χ0v) is 18.0. The van der Waals surface area contributed by atoms with Gasteiger partial charge in [0.05, 0.1) is 6.42 Å². The van der Waals surface area contributed by atoms with Gasteiger partial charge in [0.25, 0.3) is 0 Å². The molecule has 2 amide bonds. The van der Waals surface area contributed by atoms with Gasteiger partial charge in [-0.05, 0) is 41.0 Å². The number of aliphatic carboxylic acids is 1. The molecule has 0 radical (unpaired) electrons. The van der Waals surface area contributed by atoms with E-state index in [1.165, 1.54) is 11.1 Å². The third-order valence-corrected chi connectivity index (χ3v) is 6.37. The summed E-state index contributed by atoms with van der Waals surface area (Å²) in [5, 5.41) is 14.5. The normalized spacial score (nSPS) is 19.4. The number of nitrogens with one attached hydrogen (secondary N) is 2.